The van der Waals surface area contributed by atoms with E-state index in [9.17, 15) is 4.79 Å². The minimum atomic E-state index is -0.138. The summed E-state index contributed by atoms with van der Waals surface area (Å²) in [4.78, 5) is 14.2. The number of rotatable bonds is 6. The second kappa shape index (κ2) is 9.47. The average molecular weight is 403 g/mol. The van der Waals surface area contributed by atoms with Gasteiger partial charge in [0.1, 0.15) is 5.69 Å². The third-order valence-corrected chi connectivity index (χ3v) is 4.95. The molecule has 0 aliphatic carbocycles. The molecule has 1 aliphatic rings. The molecule has 2 aromatic carbocycles. The molecule has 0 atom stereocenters. The van der Waals surface area contributed by atoms with Crippen molar-refractivity contribution in [2.45, 2.75) is 6.92 Å². The van der Waals surface area contributed by atoms with E-state index in [1.54, 1.807) is 6.21 Å². The molecule has 1 aliphatic heterocycles. The number of nitrogens with one attached hydrogen (secondary N) is 1. The van der Waals surface area contributed by atoms with E-state index in [0.717, 1.165) is 35.6 Å². The lowest BCUT2D eigenvalue weighted by molar-refractivity contribution is -0.123. The Morgan fingerprint density at radius 2 is 1.87 bits per heavy atom. The van der Waals surface area contributed by atoms with E-state index >= 15 is 0 Å². The molecule has 0 saturated carbocycles. The van der Waals surface area contributed by atoms with Gasteiger partial charge in [-0.15, -0.1) is 0 Å². The fourth-order valence-electron chi connectivity index (χ4n) is 3.30. The van der Waals surface area contributed by atoms with Crippen LogP contribution in [0.2, 0.25) is 0 Å². The van der Waals surface area contributed by atoms with Gasteiger partial charge in [0.2, 0.25) is 0 Å². The summed E-state index contributed by atoms with van der Waals surface area (Å²) in [6.45, 7) is 5.22. The molecule has 0 unspecified atom stereocenters. The summed E-state index contributed by atoms with van der Waals surface area (Å²) in [7, 11) is 0. The number of hydrogen-bond donors (Lipinski definition) is 1. The Morgan fingerprint density at radius 3 is 2.60 bits per heavy atom. The van der Waals surface area contributed by atoms with E-state index in [-0.39, 0.29) is 5.91 Å². The van der Waals surface area contributed by atoms with Crippen LogP contribution in [-0.2, 0) is 9.53 Å². The summed E-state index contributed by atoms with van der Waals surface area (Å²) < 4.78 is 7.13. The lowest BCUT2D eigenvalue weighted by Crippen LogP contribution is -2.42. The van der Waals surface area contributed by atoms with Crippen molar-refractivity contribution >= 4 is 12.1 Å². The minimum absolute atomic E-state index is 0.138. The van der Waals surface area contributed by atoms with Crippen molar-refractivity contribution in [1.82, 2.24) is 20.1 Å². The average Bonchev–Trinajstić information content (AvgIpc) is 3.20. The molecule has 1 N–H and O–H groups in total. The summed E-state index contributed by atoms with van der Waals surface area (Å²) in [5.74, 6) is -0.138. The van der Waals surface area contributed by atoms with Crippen molar-refractivity contribution in [3.8, 4) is 16.9 Å². The maximum Gasteiger partial charge on any atom is 0.254 e. The SMILES string of the molecule is Cc1ccc(-c2nn(-c3ccccc3)cc2C=NNC(=O)CN2CCOCC2)cc1. The molecule has 4 rings (SSSR count). The third-order valence-electron chi connectivity index (χ3n) is 4.95. The van der Waals surface area contributed by atoms with Crippen LogP contribution in [0.25, 0.3) is 16.9 Å². The second-order valence-electron chi connectivity index (χ2n) is 7.26. The van der Waals surface area contributed by atoms with Gasteiger partial charge in [0.25, 0.3) is 5.91 Å². The first-order valence-electron chi connectivity index (χ1n) is 10.0. The number of ether oxygens (including phenoxy) is 1. The lowest BCUT2D eigenvalue weighted by atomic mass is 10.1. The fourth-order valence-corrected chi connectivity index (χ4v) is 3.30. The molecular formula is C23H25N5O2. The molecule has 7 nitrogen and oxygen atoms in total. The summed E-state index contributed by atoms with van der Waals surface area (Å²) >= 11 is 0. The summed E-state index contributed by atoms with van der Waals surface area (Å²) in [5, 5.41) is 8.94. The van der Waals surface area contributed by atoms with Crippen LogP contribution in [0.3, 0.4) is 0 Å². The molecule has 7 heteroatoms. The zero-order valence-electron chi connectivity index (χ0n) is 17.0. The van der Waals surface area contributed by atoms with E-state index in [1.165, 1.54) is 5.56 Å². The highest BCUT2D eigenvalue weighted by Crippen LogP contribution is 2.23. The van der Waals surface area contributed by atoms with Crippen LogP contribution >= 0.6 is 0 Å². The zero-order chi connectivity index (χ0) is 20.8. The van der Waals surface area contributed by atoms with Crippen molar-refractivity contribution in [2.24, 2.45) is 5.10 Å². The van der Waals surface area contributed by atoms with E-state index in [4.69, 9.17) is 9.84 Å². The number of nitrogens with zero attached hydrogens (tertiary/aromatic N) is 4. The smallest absolute Gasteiger partial charge is 0.254 e. The topological polar surface area (TPSA) is 71.8 Å². The third kappa shape index (κ3) is 5.00. The highest BCUT2D eigenvalue weighted by Gasteiger charge is 2.14. The quantitative estimate of drug-likeness (QED) is 0.507. The lowest BCUT2D eigenvalue weighted by Gasteiger charge is -2.25. The molecule has 1 amide bonds. The van der Waals surface area contributed by atoms with Gasteiger partial charge in [0.15, 0.2) is 0 Å². The molecule has 0 bridgehead atoms. The van der Waals surface area contributed by atoms with Crippen LogP contribution < -0.4 is 5.43 Å². The number of aryl methyl sites for hydroxylation is 1. The normalized spacial score (nSPS) is 14.8. The van der Waals surface area contributed by atoms with Crippen molar-refractivity contribution in [1.29, 1.82) is 0 Å². The summed E-state index contributed by atoms with van der Waals surface area (Å²) in [5.41, 5.74) is 7.41. The number of hydrazone groups is 1. The van der Waals surface area contributed by atoms with Gasteiger partial charge in [-0.3, -0.25) is 9.69 Å². The van der Waals surface area contributed by atoms with E-state index < -0.39 is 0 Å². The molecular weight excluding hydrogens is 378 g/mol. The number of hydrogen-bond acceptors (Lipinski definition) is 5. The van der Waals surface area contributed by atoms with E-state index in [0.29, 0.717) is 19.8 Å². The Balaban J connectivity index is 1.53. The van der Waals surface area contributed by atoms with Crippen molar-refractivity contribution < 1.29 is 9.53 Å². The highest BCUT2D eigenvalue weighted by molar-refractivity contribution is 5.89. The monoisotopic (exact) mass is 403 g/mol. The van der Waals surface area contributed by atoms with Crippen LogP contribution in [0.15, 0.2) is 65.9 Å². The van der Waals surface area contributed by atoms with Crippen LogP contribution in [0.4, 0.5) is 0 Å². The van der Waals surface area contributed by atoms with Crippen LogP contribution in [0.5, 0.6) is 0 Å². The predicted molar refractivity (Wildman–Crippen MR) is 117 cm³/mol. The first kappa shape index (κ1) is 20.0. The Hall–Kier alpha value is -3.29. The van der Waals surface area contributed by atoms with Gasteiger partial charge in [-0.1, -0.05) is 48.0 Å². The zero-order valence-corrected chi connectivity index (χ0v) is 17.0. The van der Waals surface area contributed by atoms with E-state index in [2.05, 4.69) is 34.5 Å². The number of aromatic nitrogens is 2. The van der Waals surface area contributed by atoms with E-state index in [1.807, 2.05) is 53.3 Å². The number of para-hydroxylation sites is 1. The van der Waals surface area contributed by atoms with Gasteiger partial charge in [0.05, 0.1) is 31.7 Å². The fraction of sp³-hybridized carbons (Fsp3) is 0.261. The Morgan fingerprint density at radius 1 is 1.13 bits per heavy atom. The van der Waals surface area contributed by atoms with Crippen LogP contribution in [-0.4, -0.2) is 59.7 Å². The maximum absolute atomic E-state index is 12.2. The van der Waals surface area contributed by atoms with Crippen molar-refractivity contribution in [3.63, 3.8) is 0 Å². The van der Waals surface area contributed by atoms with Gasteiger partial charge in [-0.05, 0) is 19.1 Å². The predicted octanol–water partition coefficient (Wildman–Crippen LogP) is 2.63. The number of benzene rings is 2. The number of carbonyl (C=O) groups is 1. The van der Waals surface area contributed by atoms with Crippen molar-refractivity contribution in [2.75, 3.05) is 32.8 Å². The molecule has 154 valence electrons. The molecule has 1 aromatic heterocycles. The summed E-state index contributed by atoms with van der Waals surface area (Å²) in [6, 6.07) is 18.1. The Kier molecular flexibility index (Phi) is 6.32. The Bertz CT molecular complexity index is 1010. The largest absolute Gasteiger partial charge is 0.379 e. The van der Waals surface area contributed by atoms with Gasteiger partial charge >= 0.3 is 0 Å². The molecule has 0 spiro atoms. The minimum Gasteiger partial charge on any atom is -0.379 e. The highest BCUT2D eigenvalue weighted by atomic mass is 16.5. The van der Waals surface area contributed by atoms with Gasteiger partial charge in [0, 0.05) is 30.4 Å². The second-order valence-corrected chi connectivity index (χ2v) is 7.26. The molecule has 0 radical (unpaired) electrons. The number of amides is 1. The van der Waals surface area contributed by atoms with Gasteiger partial charge in [-0.2, -0.15) is 10.2 Å². The number of morpholine rings is 1. The van der Waals surface area contributed by atoms with Gasteiger partial charge in [-0.25, -0.2) is 10.1 Å². The maximum atomic E-state index is 12.2. The Labute approximate surface area is 176 Å². The molecule has 1 saturated heterocycles. The summed E-state index contributed by atoms with van der Waals surface area (Å²) in [6.07, 6.45) is 3.57. The van der Waals surface area contributed by atoms with Gasteiger partial charge < -0.3 is 4.74 Å². The molecule has 3 aromatic rings. The molecule has 30 heavy (non-hydrogen) atoms. The first-order valence-corrected chi connectivity index (χ1v) is 10.0. The number of carbonyl (C=O) groups excluding carboxylic acids is 1. The molecule has 1 fully saturated rings. The van der Waals surface area contributed by atoms with Crippen molar-refractivity contribution in [3.05, 3.63) is 71.9 Å². The van der Waals surface area contributed by atoms with Crippen LogP contribution in [0.1, 0.15) is 11.1 Å². The first-order chi connectivity index (χ1) is 14.7. The van der Waals surface area contributed by atoms with Crippen LogP contribution in [0, 0.1) is 6.92 Å². The standard InChI is InChI=1S/C23H25N5O2/c1-18-7-9-19(10-8-18)23-20(16-28(26-23)21-5-3-2-4-6-21)15-24-25-22(29)17-27-11-13-30-14-12-27/h2-10,15-16H,11-14,17H2,1H3,(H,25,29). The molecule has 2 heterocycles.